The molecule has 5 N–H and O–H groups in total. The van der Waals surface area contributed by atoms with Crippen molar-refractivity contribution < 1.29 is 42.5 Å². The second-order valence-electron chi connectivity index (χ2n) is 9.33. The van der Waals surface area contributed by atoms with Crippen molar-refractivity contribution in [2.45, 2.75) is 76.5 Å². The van der Waals surface area contributed by atoms with Crippen molar-refractivity contribution in [1.29, 1.82) is 0 Å². The fourth-order valence-corrected chi connectivity index (χ4v) is 5.40. The van der Waals surface area contributed by atoms with Crippen LogP contribution in [0.15, 0.2) is 47.4 Å². The highest BCUT2D eigenvalue weighted by Crippen LogP contribution is 2.50. The van der Waals surface area contributed by atoms with Crippen LogP contribution in [0.5, 0.6) is 5.75 Å². The topological polar surface area (TPSA) is 184 Å². The molecule has 0 spiro atoms. The van der Waals surface area contributed by atoms with Gasteiger partial charge in [-0.05, 0) is 44.9 Å². The SMILES string of the molecule is CCC(CC)OC(=O)[C@H](C)N[P@@](=O)(OC[C@@]1(F)O[C@@H](n2ccc(N)nc2=O)[C@](C)(O)[C@@H]1O)Oc1ccccc1. The standard InChI is InChI=1S/C24H34FN4O9P/c1-5-16(6-2)36-19(30)15(3)28-39(34,38-17-10-8-7-9-11-17)35-14-24(25)20(31)23(4,33)21(37-24)29-13-12-18(26)27-22(29)32/h7-13,15-16,20-21,31,33H,5-6,14H2,1-4H3,(H,28,34)(H2,26,27,32)/t15-,20-,21+,23+,24+,39+/m0/s1. The van der Waals surface area contributed by atoms with Gasteiger partial charge in [0, 0.05) is 6.20 Å². The molecule has 13 nitrogen and oxygen atoms in total. The fraction of sp³-hybridized carbons (Fsp3) is 0.542. The van der Waals surface area contributed by atoms with Crippen LogP contribution in [0.25, 0.3) is 0 Å². The van der Waals surface area contributed by atoms with Crippen LogP contribution >= 0.6 is 7.75 Å². The van der Waals surface area contributed by atoms with Crippen molar-refractivity contribution in [1.82, 2.24) is 14.6 Å². The van der Waals surface area contributed by atoms with E-state index >= 15 is 4.39 Å². The number of hydrogen-bond donors (Lipinski definition) is 4. The van der Waals surface area contributed by atoms with Gasteiger partial charge in [-0.2, -0.15) is 10.1 Å². The first-order valence-corrected chi connectivity index (χ1v) is 13.9. The Kier molecular flexibility index (Phi) is 9.52. The van der Waals surface area contributed by atoms with Gasteiger partial charge >= 0.3 is 19.4 Å². The number of nitrogens with zero attached hydrogens (tertiary/aromatic N) is 2. The number of alkyl halides is 1. The molecule has 3 rings (SSSR count). The lowest BCUT2D eigenvalue weighted by molar-refractivity contribution is -0.204. The van der Waals surface area contributed by atoms with Crippen LogP contribution in [0.3, 0.4) is 0 Å². The van der Waals surface area contributed by atoms with Crippen molar-refractivity contribution in [3.8, 4) is 5.75 Å². The molecule has 39 heavy (non-hydrogen) atoms. The molecule has 216 valence electrons. The molecule has 0 saturated carbocycles. The smallest absolute Gasteiger partial charge is 0.459 e. The van der Waals surface area contributed by atoms with Crippen LogP contribution in [-0.2, 0) is 23.4 Å². The van der Waals surface area contributed by atoms with Gasteiger partial charge in [0.1, 0.15) is 42.0 Å². The molecule has 15 heteroatoms. The van der Waals surface area contributed by atoms with Crippen LogP contribution in [0, 0.1) is 0 Å². The molecule has 0 aliphatic carbocycles. The van der Waals surface area contributed by atoms with Gasteiger partial charge in [-0.1, -0.05) is 32.0 Å². The Morgan fingerprint density at radius 3 is 2.54 bits per heavy atom. The fourth-order valence-electron chi connectivity index (χ4n) is 3.89. The number of ether oxygens (including phenoxy) is 2. The Morgan fingerprint density at radius 2 is 1.95 bits per heavy atom. The normalized spacial score (nSPS) is 27.2. The Hall–Kier alpha value is -2.87. The Labute approximate surface area is 224 Å². The molecule has 1 aromatic heterocycles. The maximum atomic E-state index is 16.0. The van der Waals surface area contributed by atoms with Crippen LogP contribution in [-0.4, -0.2) is 62.0 Å². The van der Waals surface area contributed by atoms with E-state index in [1.54, 1.807) is 18.2 Å². The quantitative estimate of drug-likeness (QED) is 0.215. The number of carbonyl (C=O) groups is 1. The molecule has 0 radical (unpaired) electrons. The van der Waals surface area contributed by atoms with E-state index in [0.717, 1.165) is 17.7 Å². The maximum absolute atomic E-state index is 16.0. The Bertz CT molecular complexity index is 1240. The third-order valence-electron chi connectivity index (χ3n) is 6.17. The van der Waals surface area contributed by atoms with Crippen molar-refractivity contribution in [3.05, 3.63) is 53.1 Å². The molecule has 1 saturated heterocycles. The second kappa shape index (κ2) is 12.1. The van der Waals surface area contributed by atoms with Crippen LogP contribution < -0.4 is 21.0 Å². The summed E-state index contributed by atoms with van der Waals surface area (Å²) in [5, 5.41) is 23.9. The number of anilines is 1. The third-order valence-corrected chi connectivity index (χ3v) is 7.80. The number of esters is 1. The molecule has 1 aliphatic rings. The summed E-state index contributed by atoms with van der Waals surface area (Å²) in [6.07, 6.45) is -2.15. The molecule has 0 unspecified atom stereocenters. The van der Waals surface area contributed by atoms with E-state index in [-0.39, 0.29) is 17.7 Å². The van der Waals surface area contributed by atoms with E-state index < -0.39 is 55.8 Å². The lowest BCUT2D eigenvalue weighted by atomic mass is 9.95. The molecule has 2 heterocycles. The predicted octanol–water partition coefficient (Wildman–Crippen LogP) is 2.05. The van der Waals surface area contributed by atoms with Gasteiger partial charge in [0.25, 0.3) is 5.85 Å². The average molecular weight is 573 g/mol. The van der Waals surface area contributed by atoms with E-state index in [2.05, 4.69) is 10.1 Å². The second-order valence-corrected chi connectivity index (χ2v) is 11.0. The minimum absolute atomic E-state index is 0.0686. The van der Waals surface area contributed by atoms with Crippen LogP contribution in [0.1, 0.15) is 46.8 Å². The summed E-state index contributed by atoms with van der Waals surface area (Å²) < 4.78 is 51.9. The van der Waals surface area contributed by atoms with E-state index in [9.17, 15) is 24.4 Å². The van der Waals surface area contributed by atoms with Crippen molar-refractivity contribution in [2.24, 2.45) is 0 Å². The first kappa shape index (κ1) is 30.7. The number of para-hydroxylation sites is 1. The number of nitrogen functional groups attached to an aromatic ring is 1. The van der Waals surface area contributed by atoms with E-state index in [0.29, 0.717) is 12.8 Å². The molecule has 1 aromatic carbocycles. The first-order valence-electron chi connectivity index (χ1n) is 12.3. The Balaban J connectivity index is 1.84. The highest BCUT2D eigenvalue weighted by atomic mass is 31.2. The molecule has 1 fully saturated rings. The zero-order chi connectivity index (χ0) is 29.0. The van der Waals surface area contributed by atoms with Gasteiger partial charge in [-0.25, -0.2) is 13.8 Å². The lowest BCUT2D eigenvalue weighted by Crippen LogP contribution is -2.50. The van der Waals surface area contributed by atoms with Gasteiger partial charge in [0.2, 0.25) is 0 Å². The van der Waals surface area contributed by atoms with Crippen molar-refractivity contribution in [3.63, 3.8) is 0 Å². The zero-order valence-corrected chi connectivity index (χ0v) is 22.9. The lowest BCUT2D eigenvalue weighted by Gasteiger charge is -2.29. The van der Waals surface area contributed by atoms with Crippen molar-refractivity contribution in [2.75, 3.05) is 12.3 Å². The summed E-state index contributed by atoms with van der Waals surface area (Å²) in [5.74, 6) is -3.97. The number of carbonyl (C=O) groups excluding carboxylic acids is 1. The molecule has 6 atom stereocenters. The van der Waals surface area contributed by atoms with Gasteiger partial charge in [0.15, 0.2) is 6.23 Å². The largest absolute Gasteiger partial charge is 0.461 e. The van der Waals surface area contributed by atoms with Gasteiger partial charge in [0.05, 0.1) is 0 Å². The number of rotatable bonds is 12. The maximum Gasteiger partial charge on any atom is 0.459 e. The first-order chi connectivity index (χ1) is 18.2. The van der Waals surface area contributed by atoms with E-state index in [4.69, 9.17) is 24.3 Å². The van der Waals surface area contributed by atoms with Gasteiger partial charge < -0.3 is 29.9 Å². The third kappa shape index (κ3) is 7.02. The number of aliphatic hydroxyl groups excluding tert-OH is 1. The highest BCUT2D eigenvalue weighted by Gasteiger charge is 2.64. The number of aromatic nitrogens is 2. The summed E-state index contributed by atoms with van der Waals surface area (Å²) in [6.45, 7) is 4.86. The number of hydrogen-bond acceptors (Lipinski definition) is 11. The summed E-state index contributed by atoms with van der Waals surface area (Å²) in [4.78, 5) is 28.4. The summed E-state index contributed by atoms with van der Waals surface area (Å²) in [6, 6.07) is 7.78. The Morgan fingerprint density at radius 1 is 1.31 bits per heavy atom. The molecule has 0 bridgehead atoms. The highest BCUT2D eigenvalue weighted by molar-refractivity contribution is 7.52. The van der Waals surface area contributed by atoms with Crippen LogP contribution in [0.4, 0.5) is 10.2 Å². The minimum Gasteiger partial charge on any atom is -0.461 e. The zero-order valence-electron chi connectivity index (χ0n) is 22.0. The summed E-state index contributed by atoms with van der Waals surface area (Å²) >= 11 is 0. The van der Waals surface area contributed by atoms with Gasteiger partial charge in [-0.3, -0.25) is 13.9 Å². The number of nitrogens with one attached hydrogen (secondary N) is 1. The number of benzene rings is 1. The summed E-state index contributed by atoms with van der Waals surface area (Å²) in [5.41, 5.74) is 2.15. The molecular formula is C24H34FN4O9P. The minimum atomic E-state index is -4.54. The monoisotopic (exact) mass is 572 g/mol. The number of nitrogens with two attached hydrogens (primary N) is 1. The number of halogens is 1. The van der Waals surface area contributed by atoms with Crippen LogP contribution in [0.2, 0.25) is 0 Å². The van der Waals surface area contributed by atoms with Gasteiger partial charge in [-0.15, -0.1) is 0 Å². The molecule has 0 amide bonds. The molecular weight excluding hydrogens is 538 g/mol. The number of aliphatic hydroxyl groups is 2. The van der Waals surface area contributed by atoms with Crippen molar-refractivity contribution >= 4 is 19.5 Å². The molecule has 1 aliphatic heterocycles. The predicted molar refractivity (Wildman–Crippen MR) is 137 cm³/mol. The van der Waals surface area contributed by atoms with E-state index in [1.807, 2.05) is 13.8 Å². The molecule has 2 aromatic rings. The van der Waals surface area contributed by atoms with E-state index in [1.165, 1.54) is 25.1 Å². The average Bonchev–Trinajstić information content (AvgIpc) is 3.06. The summed E-state index contributed by atoms with van der Waals surface area (Å²) in [7, 11) is -4.54.